The minimum absolute atomic E-state index is 0.272. The van der Waals surface area contributed by atoms with Crippen LogP contribution in [0.15, 0.2) is 12.1 Å². The Labute approximate surface area is 175 Å². The van der Waals surface area contributed by atoms with E-state index in [4.69, 9.17) is 9.47 Å². The summed E-state index contributed by atoms with van der Waals surface area (Å²) in [6.45, 7) is 8.34. The Morgan fingerprint density at radius 3 is 2.55 bits per heavy atom. The van der Waals surface area contributed by atoms with Gasteiger partial charge in [-0.2, -0.15) is 0 Å². The van der Waals surface area contributed by atoms with Crippen LogP contribution < -0.4 is 4.74 Å². The predicted octanol–water partition coefficient (Wildman–Crippen LogP) is 5.63. The lowest BCUT2D eigenvalue weighted by molar-refractivity contribution is -0.109. The van der Waals surface area contributed by atoms with Crippen LogP contribution in [0.5, 0.6) is 5.75 Å². The van der Waals surface area contributed by atoms with Gasteiger partial charge in [0.05, 0.1) is 13.2 Å². The highest BCUT2D eigenvalue weighted by molar-refractivity contribution is 5.70. The summed E-state index contributed by atoms with van der Waals surface area (Å²) in [5.74, 6) is 0.912. The molecule has 1 aromatic rings. The average molecular weight is 404 g/mol. The summed E-state index contributed by atoms with van der Waals surface area (Å²) in [4.78, 5) is 25.9. The van der Waals surface area contributed by atoms with Crippen LogP contribution in [0.25, 0.3) is 0 Å². The number of nitrogens with zero attached hydrogens (tertiary/aromatic N) is 1. The fourth-order valence-electron chi connectivity index (χ4n) is 3.97. The molecule has 0 N–H and O–H groups in total. The fourth-order valence-corrected chi connectivity index (χ4v) is 3.97. The quantitative estimate of drug-likeness (QED) is 0.396. The molecule has 0 radical (unpaired) electrons. The van der Waals surface area contributed by atoms with E-state index in [1.807, 2.05) is 20.8 Å². The minimum Gasteiger partial charge on any atom is -0.496 e. The van der Waals surface area contributed by atoms with E-state index in [0.29, 0.717) is 6.54 Å². The number of carbonyl (C=O) groups excluding carboxylic acids is 2. The summed E-state index contributed by atoms with van der Waals surface area (Å²) in [5, 5.41) is 0. The lowest BCUT2D eigenvalue weighted by Crippen LogP contribution is -2.43. The van der Waals surface area contributed by atoms with E-state index in [9.17, 15) is 9.59 Å². The van der Waals surface area contributed by atoms with Gasteiger partial charge in [-0.15, -0.1) is 0 Å². The maximum Gasteiger partial charge on any atom is 0.410 e. The molecule has 0 saturated heterocycles. The average Bonchev–Trinajstić information content (AvgIpc) is 2.66. The first-order valence-electron chi connectivity index (χ1n) is 10.9. The first-order valence-corrected chi connectivity index (χ1v) is 10.9. The van der Waals surface area contributed by atoms with Gasteiger partial charge >= 0.3 is 6.09 Å². The number of hydrogen-bond donors (Lipinski definition) is 0. The van der Waals surface area contributed by atoms with Crippen LogP contribution >= 0.6 is 0 Å². The molecule has 1 heterocycles. The molecule has 29 heavy (non-hydrogen) atoms. The van der Waals surface area contributed by atoms with Crippen molar-refractivity contribution < 1.29 is 19.1 Å². The summed E-state index contributed by atoms with van der Waals surface area (Å²) >= 11 is 0. The summed E-state index contributed by atoms with van der Waals surface area (Å²) < 4.78 is 11.2. The summed E-state index contributed by atoms with van der Waals surface area (Å²) in [6.07, 6.45) is 8.57. The van der Waals surface area contributed by atoms with Crippen LogP contribution in [0.1, 0.15) is 89.0 Å². The second kappa shape index (κ2) is 10.7. The second-order valence-corrected chi connectivity index (χ2v) is 8.87. The molecular weight excluding hydrogens is 366 g/mol. The van der Waals surface area contributed by atoms with Gasteiger partial charge in [0, 0.05) is 13.0 Å². The van der Waals surface area contributed by atoms with Gasteiger partial charge in [0.1, 0.15) is 17.6 Å². The maximum absolute atomic E-state index is 12.8. The van der Waals surface area contributed by atoms with E-state index in [2.05, 4.69) is 19.1 Å². The number of amides is 1. The maximum atomic E-state index is 12.8. The lowest BCUT2D eigenvalue weighted by Gasteiger charge is -2.38. The number of aryl methyl sites for hydroxylation is 1. The number of ether oxygens (including phenoxy) is 2. The molecule has 5 nitrogen and oxygen atoms in total. The van der Waals surface area contributed by atoms with Crippen molar-refractivity contribution in [2.75, 3.05) is 13.7 Å². The van der Waals surface area contributed by atoms with Crippen molar-refractivity contribution in [1.82, 2.24) is 4.90 Å². The normalized spacial score (nSPS) is 16.3. The Kier molecular flexibility index (Phi) is 8.54. The molecule has 0 fully saturated rings. The molecule has 0 aliphatic carbocycles. The third-order valence-electron chi connectivity index (χ3n) is 5.40. The number of unbranched alkanes of at least 4 members (excludes halogenated alkanes) is 4. The molecule has 1 aliphatic rings. The van der Waals surface area contributed by atoms with Crippen molar-refractivity contribution in [2.24, 2.45) is 0 Å². The molecule has 0 spiro atoms. The predicted molar refractivity (Wildman–Crippen MR) is 116 cm³/mol. The monoisotopic (exact) mass is 403 g/mol. The zero-order valence-corrected chi connectivity index (χ0v) is 18.8. The Balaban J connectivity index is 2.26. The standard InChI is InChI=1S/C24H37NO4/c1-6-7-8-9-10-11-19-16-20-18(17-22(19)28-5)12-14-25(21(20)13-15-26)23(27)29-24(2,3)4/h15-17,21H,6-14H2,1-5H3/t21-/m1/s1. The Hall–Kier alpha value is -2.04. The molecule has 0 bridgehead atoms. The third-order valence-corrected chi connectivity index (χ3v) is 5.40. The Bertz CT molecular complexity index is 693. The van der Waals surface area contributed by atoms with Crippen molar-refractivity contribution in [3.05, 3.63) is 28.8 Å². The number of benzene rings is 1. The van der Waals surface area contributed by atoms with Gasteiger partial charge in [0.25, 0.3) is 0 Å². The van der Waals surface area contributed by atoms with E-state index in [1.54, 1.807) is 12.0 Å². The highest BCUT2D eigenvalue weighted by atomic mass is 16.6. The highest BCUT2D eigenvalue weighted by Gasteiger charge is 2.34. The first kappa shape index (κ1) is 23.2. The zero-order valence-electron chi connectivity index (χ0n) is 18.8. The Morgan fingerprint density at radius 1 is 1.21 bits per heavy atom. The molecule has 0 saturated carbocycles. The molecular formula is C24H37NO4. The second-order valence-electron chi connectivity index (χ2n) is 8.87. The minimum atomic E-state index is -0.563. The van der Waals surface area contributed by atoms with Gasteiger partial charge in [-0.1, -0.05) is 32.6 Å². The number of methoxy groups -OCH3 is 1. The first-order chi connectivity index (χ1) is 13.8. The van der Waals surface area contributed by atoms with Crippen LogP contribution in [0.4, 0.5) is 4.79 Å². The lowest BCUT2D eigenvalue weighted by atomic mass is 9.88. The van der Waals surface area contributed by atoms with Crippen LogP contribution in [-0.4, -0.2) is 36.5 Å². The van der Waals surface area contributed by atoms with E-state index < -0.39 is 5.60 Å². The largest absolute Gasteiger partial charge is 0.496 e. The molecule has 5 heteroatoms. The van der Waals surface area contributed by atoms with Crippen molar-refractivity contribution >= 4 is 12.4 Å². The molecule has 2 rings (SSSR count). The van der Waals surface area contributed by atoms with Crippen molar-refractivity contribution in [1.29, 1.82) is 0 Å². The number of carbonyl (C=O) groups is 2. The summed E-state index contributed by atoms with van der Waals surface area (Å²) in [6, 6.07) is 3.97. The van der Waals surface area contributed by atoms with E-state index in [1.165, 1.54) is 25.7 Å². The highest BCUT2D eigenvalue weighted by Crippen LogP contribution is 2.37. The van der Waals surface area contributed by atoms with Gasteiger partial charge in [0.15, 0.2) is 0 Å². The zero-order chi connectivity index (χ0) is 21.4. The Morgan fingerprint density at radius 2 is 1.93 bits per heavy atom. The molecule has 1 atom stereocenters. The van der Waals surface area contributed by atoms with Crippen molar-refractivity contribution in [3.63, 3.8) is 0 Å². The van der Waals surface area contributed by atoms with Gasteiger partial charge in [-0.3, -0.25) is 0 Å². The van der Waals surface area contributed by atoms with Crippen LogP contribution in [0.2, 0.25) is 0 Å². The number of hydrogen-bond acceptors (Lipinski definition) is 4. The van der Waals surface area contributed by atoms with Crippen LogP contribution in [0.3, 0.4) is 0 Å². The third kappa shape index (κ3) is 6.48. The van der Waals surface area contributed by atoms with Gasteiger partial charge in [-0.05, 0) is 68.9 Å². The van der Waals surface area contributed by atoms with Crippen LogP contribution in [0, 0.1) is 0 Å². The van der Waals surface area contributed by atoms with Gasteiger partial charge < -0.3 is 19.2 Å². The van der Waals surface area contributed by atoms with Crippen molar-refractivity contribution in [2.45, 2.75) is 90.7 Å². The molecule has 1 amide bonds. The molecule has 162 valence electrons. The SMILES string of the molecule is CCCCCCCc1cc2c(cc1OC)CCN(C(=O)OC(C)(C)C)[C@@H]2CC=O. The number of aldehydes is 1. The molecule has 1 aliphatic heterocycles. The summed E-state index contributed by atoms with van der Waals surface area (Å²) in [7, 11) is 1.71. The van der Waals surface area contributed by atoms with Gasteiger partial charge in [0.2, 0.25) is 0 Å². The smallest absolute Gasteiger partial charge is 0.410 e. The number of rotatable bonds is 9. The van der Waals surface area contributed by atoms with Crippen molar-refractivity contribution in [3.8, 4) is 5.75 Å². The molecule has 0 aromatic heterocycles. The topological polar surface area (TPSA) is 55.8 Å². The van der Waals surface area contributed by atoms with E-state index in [-0.39, 0.29) is 18.6 Å². The van der Waals surface area contributed by atoms with Gasteiger partial charge in [-0.25, -0.2) is 4.79 Å². The van der Waals surface area contributed by atoms with Crippen LogP contribution in [-0.2, 0) is 22.4 Å². The molecule has 0 unspecified atom stereocenters. The number of fused-ring (bicyclic) bond motifs is 1. The summed E-state index contributed by atoms with van der Waals surface area (Å²) in [5.41, 5.74) is 2.80. The van der Waals surface area contributed by atoms with E-state index >= 15 is 0 Å². The molecule has 1 aromatic carbocycles. The fraction of sp³-hybridized carbons (Fsp3) is 0.667. The van der Waals surface area contributed by atoms with E-state index in [0.717, 1.165) is 48.0 Å².